The third kappa shape index (κ3) is 2.69. The van der Waals surface area contributed by atoms with Crippen molar-refractivity contribution in [2.45, 2.75) is 0 Å². The Morgan fingerprint density at radius 1 is 1.19 bits per heavy atom. The van der Waals surface area contributed by atoms with E-state index >= 15 is 0 Å². The summed E-state index contributed by atoms with van der Waals surface area (Å²) < 4.78 is 9.14. The quantitative estimate of drug-likeness (QED) is 0.246. The van der Waals surface area contributed by atoms with E-state index in [1.165, 1.54) is 12.3 Å². The van der Waals surface area contributed by atoms with Crippen molar-refractivity contribution in [2.75, 3.05) is 0 Å². The van der Waals surface area contributed by atoms with Crippen molar-refractivity contribution in [3.8, 4) is 11.5 Å². The Kier molecular flexibility index (Phi) is 4.91. The van der Waals surface area contributed by atoms with Crippen LogP contribution in [0.4, 0.5) is 5.69 Å². The van der Waals surface area contributed by atoms with E-state index < -0.39 is 4.92 Å². The molecule has 21 heavy (non-hydrogen) atoms. The number of fused-ring (bicyclic) bond motifs is 1. The molecule has 0 unspecified atom stereocenters. The molecule has 0 fully saturated rings. The van der Waals surface area contributed by atoms with Crippen LogP contribution < -0.4 is 0 Å². The summed E-state index contributed by atoms with van der Waals surface area (Å²) in [6.45, 7) is 0. The van der Waals surface area contributed by atoms with Crippen LogP contribution >= 0.6 is 64.8 Å². The molecule has 0 aliphatic rings. The number of rotatable bonds is 2. The van der Waals surface area contributed by atoms with Gasteiger partial charge in [0.05, 0.1) is 17.3 Å². The first-order valence-electron chi connectivity index (χ1n) is 5.25. The van der Waals surface area contributed by atoms with Gasteiger partial charge in [0, 0.05) is 4.47 Å². The Labute approximate surface area is 153 Å². The van der Waals surface area contributed by atoms with E-state index in [1.54, 1.807) is 10.5 Å². The van der Waals surface area contributed by atoms with Gasteiger partial charge < -0.3 is 4.42 Å². The second-order valence-corrected chi connectivity index (χ2v) is 6.17. The zero-order valence-corrected chi connectivity index (χ0v) is 16.4. The fourth-order valence-corrected chi connectivity index (χ4v) is 3.47. The van der Waals surface area contributed by atoms with Gasteiger partial charge in [0.15, 0.2) is 0 Å². The van der Waals surface area contributed by atoms with Crippen molar-refractivity contribution in [3.63, 3.8) is 0 Å². The number of hydrogen-bond acceptors (Lipinski definition) is 4. The molecule has 0 amide bonds. The fourth-order valence-electron chi connectivity index (χ4n) is 1.81. The number of nitrogens with zero attached hydrogens (tertiary/aromatic N) is 3. The number of hydrogen-bond donors (Lipinski definition) is 0. The molecular formula is C11H5Br4N3O3. The lowest BCUT2D eigenvalue weighted by atomic mass is 10.3. The molecule has 6 nitrogen and oxygen atoms in total. The molecule has 0 aromatic carbocycles. The number of pyridine rings is 1. The Balaban J connectivity index is 0.00000161. The van der Waals surface area contributed by atoms with Crippen LogP contribution in [0.5, 0.6) is 0 Å². The highest BCUT2D eigenvalue weighted by molar-refractivity contribution is 9.13. The largest absolute Gasteiger partial charge is 0.455 e. The molecule has 0 radical (unpaired) electrons. The van der Waals surface area contributed by atoms with Crippen molar-refractivity contribution in [1.29, 1.82) is 0 Å². The molecule has 110 valence electrons. The van der Waals surface area contributed by atoms with Gasteiger partial charge >= 0.3 is 5.69 Å². The van der Waals surface area contributed by atoms with Gasteiger partial charge in [-0.15, -0.1) is 17.0 Å². The molecule has 3 aromatic rings. The van der Waals surface area contributed by atoms with Gasteiger partial charge in [0.1, 0.15) is 20.5 Å². The summed E-state index contributed by atoms with van der Waals surface area (Å²) in [4.78, 5) is 14.8. The van der Waals surface area contributed by atoms with Crippen molar-refractivity contribution in [2.24, 2.45) is 0 Å². The molecular weight excluding hydrogens is 542 g/mol. The molecule has 0 saturated carbocycles. The number of aromatic nitrogens is 2. The first kappa shape index (κ1) is 16.7. The second-order valence-electron chi connectivity index (χ2n) is 3.81. The average molecular weight is 547 g/mol. The maximum Gasteiger partial charge on any atom is 0.317 e. The molecule has 0 atom stereocenters. The van der Waals surface area contributed by atoms with E-state index in [1.807, 2.05) is 6.07 Å². The maximum absolute atomic E-state index is 11.0. The van der Waals surface area contributed by atoms with Gasteiger partial charge in [-0.2, -0.15) is 0 Å². The lowest BCUT2D eigenvalue weighted by molar-refractivity contribution is -0.384. The normalized spacial score (nSPS) is 10.6. The number of halogens is 4. The van der Waals surface area contributed by atoms with Crippen LogP contribution in [-0.4, -0.2) is 14.3 Å². The molecule has 3 aromatic heterocycles. The molecule has 10 heteroatoms. The minimum absolute atomic E-state index is 0. The first-order chi connectivity index (χ1) is 9.50. The van der Waals surface area contributed by atoms with E-state index in [4.69, 9.17) is 4.42 Å². The third-order valence-corrected chi connectivity index (χ3v) is 5.36. The summed E-state index contributed by atoms with van der Waals surface area (Å²) in [6, 6.07) is 4.92. The average Bonchev–Trinajstić information content (AvgIpc) is 2.99. The minimum atomic E-state index is -0.500. The van der Waals surface area contributed by atoms with Crippen LogP contribution in [0.15, 0.2) is 42.6 Å². The van der Waals surface area contributed by atoms with Crippen LogP contribution in [0, 0.1) is 10.1 Å². The lowest BCUT2D eigenvalue weighted by Crippen LogP contribution is -1.89. The summed E-state index contributed by atoms with van der Waals surface area (Å²) in [5, 5.41) is 11.0. The molecule has 0 N–H and O–H groups in total. The van der Waals surface area contributed by atoms with E-state index in [-0.39, 0.29) is 28.4 Å². The molecule has 3 heterocycles. The molecule has 0 aliphatic carbocycles. The zero-order valence-electron chi connectivity index (χ0n) is 9.92. The Morgan fingerprint density at radius 2 is 1.90 bits per heavy atom. The highest BCUT2D eigenvalue weighted by Gasteiger charge is 2.25. The summed E-state index contributed by atoms with van der Waals surface area (Å²) in [7, 11) is 0. The van der Waals surface area contributed by atoms with Gasteiger partial charge in [-0.3, -0.25) is 14.5 Å². The number of furan rings is 1. The van der Waals surface area contributed by atoms with Crippen LogP contribution in [0.1, 0.15) is 0 Å². The lowest BCUT2D eigenvalue weighted by Gasteiger charge is -2.01. The Hall–Kier alpha value is -0.710. The summed E-state index contributed by atoms with van der Waals surface area (Å²) in [5.41, 5.74) is 0.887. The highest BCUT2D eigenvalue weighted by Crippen LogP contribution is 2.38. The SMILES string of the molecule is Br.O=[N+]([O-])c1ccoc1-c1nc2ccc(Br)c(Br)n2c1Br. The van der Waals surface area contributed by atoms with Crippen LogP contribution in [0.3, 0.4) is 0 Å². The number of imidazole rings is 1. The molecule has 0 bridgehead atoms. The smallest absolute Gasteiger partial charge is 0.317 e. The van der Waals surface area contributed by atoms with Crippen molar-refractivity contribution in [1.82, 2.24) is 9.38 Å². The molecule has 3 rings (SSSR count). The van der Waals surface area contributed by atoms with Crippen LogP contribution in [0.25, 0.3) is 17.1 Å². The fraction of sp³-hybridized carbons (Fsp3) is 0. The van der Waals surface area contributed by atoms with Gasteiger partial charge in [-0.05, 0) is 59.9 Å². The minimum Gasteiger partial charge on any atom is -0.455 e. The van der Waals surface area contributed by atoms with Gasteiger partial charge in [0.2, 0.25) is 5.76 Å². The zero-order chi connectivity index (χ0) is 14.4. The van der Waals surface area contributed by atoms with Gasteiger partial charge in [-0.1, -0.05) is 0 Å². The van der Waals surface area contributed by atoms with E-state index in [2.05, 4.69) is 52.8 Å². The maximum atomic E-state index is 11.0. The van der Waals surface area contributed by atoms with Crippen molar-refractivity contribution < 1.29 is 9.34 Å². The van der Waals surface area contributed by atoms with E-state index in [9.17, 15) is 10.1 Å². The summed E-state index contributed by atoms with van der Waals surface area (Å²) in [6.07, 6.45) is 1.27. The number of nitro groups is 1. The summed E-state index contributed by atoms with van der Waals surface area (Å²) in [5.74, 6) is 0.119. The van der Waals surface area contributed by atoms with E-state index in [0.717, 1.165) is 9.08 Å². The predicted molar refractivity (Wildman–Crippen MR) is 93.0 cm³/mol. The monoisotopic (exact) mass is 543 g/mol. The van der Waals surface area contributed by atoms with Crippen LogP contribution in [0.2, 0.25) is 0 Å². The standard InChI is InChI=1S/C11H4Br3N3O3.BrH/c12-5-1-2-7-15-8(11(14)16(7)10(5)13)9-6(17(18)19)3-4-20-9;/h1-4H;1H. The van der Waals surface area contributed by atoms with Crippen molar-refractivity contribution in [3.05, 3.63) is 48.3 Å². The summed E-state index contributed by atoms with van der Waals surface area (Å²) >= 11 is 10.2. The molecule has 0 saturated heterocycles. The van der Waals surface area contributed by atoms with Gasteiger partial charge in [0.25, 0.3) is 0 Å². The van der Waals surface area contributed by atoms with Crippen molar-refractivity contribution >= 4 is 76.1 Å². The van der Waals surface area contributed by atoms with Crippen LogP contribution in [-0.2, 0) is 0 Å². The highest BCUT2D eigenvalue weighted by atomic mass is 79.9. The Bertz CT molecular complexity index is 843. The molecule has 0 spiro atoms. The topological polar surface area (TPSA) is 73.6 Å². The third-order valence-electron chi connectivity index (χ3n) is 2.68. The van der Waals surface area contributed by atoms with Gasteiger partial charge in [-0.25, -0.2) is 4.98 Å². The van der Waals surface area contributed by atoms with E-state index in [0.29, 0.717) is 15.9 Å². The molecule has 0 aliphatic heterocycles. The first-order valence-corrected chi connectivity index (χ1v) is 7.63. The predicted octanol–water partition coefficient (Wildman–Crippen LogP) is 5.37. The Morgan fingerprint density at radius 3 is 2.57 bits per heavy atom. The second kappa shape index (κ2) is 6.19.